The second-order valence-corrected chi connectivity index (χ2v) is 13.9. The molecule has 3 aromatic heterocycles. The monoisotopic (exact) mass is 676 g/mol. The molecule has 0 unspecified atom stereocenters. The summed E-state index contributed by atoms with van der Waals surface area (Å²) >= 11 is 0. The van der Waals surface area contributed by atoms with E-state index >= 15 is 0 Å². The van der Waals surface area contributed by atoms with Gasteiger partial charge in [0.2, 0.25) is 0 Å². The molecular formula is C50H28O3. The Morgan fingerprint density at radius 2 is 0.547 bits per heavy atom. The molecule has 0 bridgehead atoms. The van der Waals surface area contributed by atoms with Gasteiger partial charge in [0.25, 0.3) is 0 Å². The number of fused-ring (bicyclic) bond motifs is 11. The molecule has 53 heavy (non-hydrogen) atoms. The Bertz CT molecular complexity index is 3290. The smallest absolute Gasteiger partial charge is 0.143 e. The zero-order chi connectivity index (χ0) is 34.6. The van der Waals surface area contributed by atoms with Gasteiger partial charge >= 0.3 is 0 Å². The maximum absolute atomic E-state index is 6.72. The summed E-state index contributed by atoms with van der Waals surface area (Å²) in [6.45, 7) is 0. The topological polar surface area (TPSA) is 39.4 Å². The van der Waals surface area contributed by atoms with Gasteiger partial charge in [-0.1, -0.05) is 146 Å². The van der Waals surface area contributed by atoms with Crippen LogP contribution >= 0.6 is 0 Å². The van der Waals surface area contributed by atoms with Crippen molar-refractivity contribution in [3.05, 3.63) is 170 Å². The number of furan rings is 3. The molecule has 3 nitrogen and oxygen atoms in total. The Morgan fingerprint density at radius 3 is 0.981 bits per heavy atom. The Morgan fingerprint density at radius 1 is 0.226 bits per heavy atom. The van der Waals surface area contributed by atoms with Crippen molar-refractivity contribution in [3.63, 3.8) is 0 Å². The average molecular weight is 677 g/mol. The summed E-state index contributed by atoms with van der Waals surface area (Å²) in [5, 5.41) is 11.3. The zero-order valence-corrected chi connectivity index (χ0v) is 28.4. The Kier molecular flexibility index (Phi) is 5.77. The molecule has 0 radical (unpaired) electrons. The largest absolute Gasteiger partial charge is 0.455 e. The molecule has 0 aliphatic heterocycles. The molecule has 0 saturated carbocycles. The van der Waals surface area contributed by atoms with Crippen molar-refractivity contribution in [1.29, 1.82) is 0 Å². The van der Waals surface area contributed by atoms with E-state index in [-0.39, 0.29) is 0 Å². The van der Waals surface area contributed by atoms with Crippen LogP contribution in [0.5, 0.6) is 0 Å². The number of hydrogen-bond donors (Lipinski definition) is 0. The maximum atomic E-state index is 6.72. The molecule has 0 N–H and O–H groups in total. The number of para-hydroxylation sites is 6. The van der Waals surface area contributed by atoms with Crippen molar-refractivity contribution in [2.75, 3.05) is 0 Å². The predicted octanol–water partition coefficient (Wildman–Crippen LogP) is 14.7. The summed E-state index contributed by atoms with van der Waals surface area (Å²) in [5.74, 6) is 0. The van der Waals surface area contributed by atoms with Gasteiger partial charge in [-0.05, 0) is 56.9 Å². The number of benzene rings is 9. The predicted molar refractivity (Wildman–Crippen MR) is 220 cm³/mol. The standard InChI is InChI=1S/C50H28O3/c1-4-25-44-31(12-1)38-21-9-19-36(48(38)51-44)29-15-7-17-34-42(29)28-43-30(37-20-10-22-39-32-13-2-5-26-45(32)52-49(37)39)16-8-18-35(43)47(34)41-24-11-23-40-33-14-3-6-27-46(33)53-50(40)41/h1-28H. The van der Waals surface area contributed by atoms with E-state index in [0.29, 0.717) is 0 Å². The Labute approximate surface area is 302 Å². The molecule has 3 heteroatoms. The molecule has 12 rings (SSSR count). The fraction of sp³-hybridized carbons (Fsp3) is 0. The summed E-state index contributed by atoms with van der Waals surface area (Å²) in [6, 6.07) is 60.1. The highest BCUT2D eigenvalue weighted by atomic mass is 16.3. The van der Waals surface area contributed by atoms with E-state index in [1.54, 1.807) is 0 Å². The molecule has 3 heterocycles. The average Bonchev–Trinajstić information content (AvgIpc) is 3.91. The van der Waals surface area contributed by atoms with Crippen molar-refractivity contribution >= 4 is 87.4 Å². The lowest BCUT2D eigenvalue weighted by molar-refractivity contribution is 0.669. The van der Waals surface area contributed by atoms with Crippen LogP contribution in [0.25, 0.3) is 121 Å². The van der Waals surface area contributed by atoms with Gasteiger partial charge in [0.05, 0.1) is 0 Å². The first-order valence-electron chi connectivity index (χ1n) is 18.0. The highest BCUT2D eigenvalue weighted by Gasteiger charge is 2.22. The normalized spacial score (nSPS) is 12.2. The molecular weight excluding hydrogens is 649 g/mol. The van der Waals surface area contributed by atoms with Gasteiger partial charge in [-0.15, -0.1) is 0 Å². The van der Waals surface area contributed by atoms with Gasteiger partial charge in [0.1, 0.15) is 33.5 Å². The highest BCUT2D eigenvalue weighted by Crippen LogP contribution is 2.48. The Balaban J connectivity index is 1.24. The van der Waals surface area contributed by atoms with Gasteiger partial charge in [-0.25, -0.2) is 0 Å². The van der Waals surface area contributed by atoms with Gasteiger partial charge in [0.15, 0.2) is 0 Å². The van der Waals surface area contributed by atoms with Crippen LogP contribution < -0.4 is 0 Å². The summed E-state index contributed by atoms with van der Waals surface area (Å²) in [5.41, 5.74) is 11.9. The maximum Gasteiger partial charge on any atom is 0.143 e. The van der Waals surface area contributed by atoms with E-state index in [2.05, 4.69) is 140 Å². The van der Waals surface area contributed by atoms with E-state index in [0.717, 1.165) is 121 Å². The van der Waals surface area contributed by atoms with Crippen LogP contribution in [0.15, 0.2) is 183 Å². The molecule has 12 aromatic rings. The van der Waals surface area contributed by atoms with Crippen LogP contribution in [0.3, 0.4) is 0 Å². The van der Waals surface area contributed by atoms with Crippen molar-refractivity contribution in [2.24, 2.45) is 0 Å². The van der Waals surface area contributed by atoms with E-state index in [9.17, 15) is 0 Å². The third kappa shape index (κ3) is 3.99. The second-order valence-electron chi connectivity index (χ2n) is 13.9. The van der Waals surface area contributed by atoms with Crippen LogP contribution in [-0.4, -0.2) is 0 Å². The summed E-state index contributed by atoms with van der Waals surface area (Å²) < 4.78 is 20.0. The lowest BCUT2D eigenvalue weighted by atomic mass is 9.85. The molecule has 0 aliphatic rings. The van der Waals surface area contributed by atoms with Crippen molar-refractivity contribution in [2.45, 2.75) is 0 Å². The van der Waals surface area contributed by atoms with Crippen LogP contribution in [-0.2, 0) is 0 Å². The zero-order valence-electron chi connectivity index (χ0n) is 28.4. The minimum absolute atomic E-state index is 0.883. The molecule has 9 aromatic carbocycles. The molecule has 0 spiro atoms. The third-order valence-electron chi connectivity index (χ3n) is 11.1. The van der Waals surface area contributed by atoms with E-state index in [1.807, 2.05) is 30.3 Å². The first-order valence-corrected chi connectivity index (χ1v) is 18.0. The fourth-order valence-corrected chi connectivity index (χ4v) is 8.79. The second kappa shape index (κ2) is 10.7. The number of hydrogen-bond acceptors (Lipinski definition) is 3. The third-order valence-corrected chi connectivity index (χ3v) is 11.1. The van der Waals surface area contributed by atoms with Gasteiger partial charge in [-0.3, -0.25) is 0 Å². The summed E-state index contributed by atoms with van der Waals surface area (Å²) in [6.07, 6.45) is 0. The molecule has 0 aliphatic carbocycles. The van der Waals surface area contributed by atoms with Crippen LogP contribution in [0, 0.1) is 0 Å². The lowest BCUT2D eigenvalue weighted by Crippen LogP contribution is -1.91. The van der Waals surface area contributed by atoms with E-state index in [1.165, 1.54) is 0 Å². The van der Waals surface area contributed by atoms with Crippen LogP contribution in [0.4, 0.5) is 0 Å². The number of rotatable bonds is 3. The molecule has 246 valence electrons. The van der Waals surface area contributed by atoms with E-state index < -0.39 is 0 Å². The molecule has 0 saturated heterocycles. The van der Waals surface area contributed by atoms with Gasteiger partial charge in [0, 0.05) is 54.6 Å². The van der Waals surface area contributed by atoms with Gasteiger partial charge in [-0.2, -0.15) is 0 Å². The van der Waals surface area contributed by atoms with E-state index in [4.69, 9.17) is 13.3 Å². The van der Waals surface area contributed by atoms with Crippen molar-refractivity contribution < 1.29 is 13.3 Å². The first kappa shape index (κ1) is 28.6. The Hall–Kier alpha value is -7.10. The highest BCUT2D eigenvalue weighted by molar-refractivity contribution is 6.24. The first-order chi connectivity index (χ1) is 26.3. The van der Waals surface area contributed by atoms with Crippen LogP contribution in [0.2, 0.25) is 0 Å². The van der Waals surface area contributed by atoms with Crippen molar-refractivity contribution in [3.8, 4) is 33.4 Å². The van der Waals surface area contributed by atoms with Crippen molar-refractivity contribution in [1.82, 2.24) is 0 Å². The van der Waals surface area contributed by atoms with Gasteiger partial charge < -0.3 is 13.3 Å². The molecule has 0 atom stereocenters. The summed E-state index contributed by atoms with van der Waals surface area (Å²) in [4.78, 5) is 0. The van der Waals surface area contributed by atoms with Crippen LogP contribution in [0.1, 0.15) is 0 Å². The SMILES string of the molecule is c1ccc2c(c1)oc1c(-c3cccc4c(-c5cccc6c5oc5ccccc56)c5cccc(-c6cccc7c6oc6ccccc67)c5cc34)cccc12. The molecule has 0 fully saturated rings. The summed E-state index contributed by atoms with van der Waals surface area (Å²) in [7, 11) is 0. The minimum atomic E-state index is 0.883. The quantitative estimate of drug-likeness (QED) is 0.175. The molecule has 0 amide bonds. The minimum Gasteiger partial charge on any atom is -0.455 e. The lowest BCUT2D eigenvalue weighted by Gasteiger charge is -2.17. The fourth-order valence-electron chi connectivity index (χ4n) is 8.79.